The van der Waals surface area contributed by atoms with Gasteiger partial charge in [-0.05, 0) is 39.8 Å². The van der Waals surface area contributed by atoms with Crippen molar-refractivity contribution >= 4 is 22.6 Å². The third kappa shape index (κ3) is 1.91. The van der Waals surface area contributed by atoms with E-state index in [1.54, 1.807) is 0 Å². The van der Waals surface area contributed by atoms with Crippen LogP contribution in [-0.2, 0) is 13.1 Å². The quantitative estimate of drug-likeness (QED) is 0.787. The van der Waals surface area contributed by atoms with E-state index < -0.39 is 0 Å². The molecular weight excluding hydrogens is 251 g/mol. The molecule has 11 heavy (non-hydrogen) atoms. The lowest BCUT2D eigenvalue weighted by Gasteiger charge is -2.06. The Kier molecular flexibility index (Phi) is 3.29. The van der Waals surface area contributed by atoms with Gasteiger partial charge in [-0.2, -0.15) is 0 Å². The van der Waals surface area contributed by atoms with Gasteiger partial charge in [0.1, 0.15) is 0 Å². The topological polar surface area (TPSA) is 52.0 Å². The zero-order valence-electron chi connectivity index (χ0n) is 6.18. The molecule has 0 aromatic heterocycles. The van der Waals surface area contributed by atoms with Crippen molar-refractivity contribution in [2.45, 2.75) is 13.1 Å². The fraction of sp³-hybridized carbons (Fsp3) is 0.250. The maximum Gasteiger partial charge on any atom is 0.0191 e. The first-order chi connectivity index (χ1) is 5.29. The Morgan fingerprint density at radius 1 is 1.18 bits per heavy atom. The summed E-state index contributed by atoms with van der Waals surface area (Å²) in [4.78, 5) is 0. The molecule has 4 N–H and O–H groups in total. The molecule has 3 heteroatoms. The van der Waals surface area contributed by atoms with Gasteiger partial charge in [0, 0.05) is 16.7 Å². The second-order valence-electron chi connectivity index (χ2n) is 2.29. The van der Waals surface area contributed by atoms with Crippen molar-refractivity contribution in [2.24, 2.45) is 11.5 Å². The van der Waals surface area contributed by atoms with Crippen LogP contribution in [0.1, 0.15) is 11.1 Å². The maximum atomic E-state index is 5.57. The highest BCUT2D eigenvalue weighted by atomic mass is 127. The van der Waals surface area contributed by atoms with Gasteiger partial charge in [-0.3, -0.25) is 0 Å². The van der Waals surface area contributed by atoms with E-state index in [0.717, 1.165) is 5.56 Å². The van der Waals surface area contributed by atoms with Crippen molar-refractivity contribution in [2.75, 3.05) is 0 Å². The molecule has 0 radical (unpaired) electrons. The fourth-order valence-electron chi connectivity index (χ4n) is 1.02. The van der Waals surface area contributed by atoms with E-state index >= 15 is 0 Å². The first-order valence-electron chi connectivity index (χ1n) is 3.46. The minimum absolute atomic E-state index is 0.573. The molecule has 0 aliphatic rings. The number of rotatable bonds is 2. The van der Waals surface area contributed by atoms with Crippen LogP contribution in [0.15, 0.2) is 18.2 Å². The first kappa shape index (κ1) is 8.96. The molecule has 0 heterocycles. The molecule has 1 rings (SSSR count). The van der Waals surface area contributed by atoms with E-state index in [2.05, 4.69) is 22.6 Å². The molecule has 0 aliphatic heterocycles. The Bertz CT molecular complexity index is 248. The normalized spacial score (nSPS) is 10.1. The minimum Gasteiger partial charge on any atom is -0.326 e. The molecule has 0 aliphatic carbocycles. The highest BCUT2D eigenvalue weighted by molar-refractivity contribution is 14.1. The van der Waals surface area contributed by atoms with Crippen molar-refractivity contribution in [3.63, 3.8) is 0 Å². The number of halogens is 1. The number of nitrogens with two attached hydrogens (primary N) is 2. The third-order valence-corrected chi connectivity index (χ3v) is 2.65. The Hall–Kier alpha value is -0.130. The second-order valence-corrected chi connectivity index (χ2v) is 3.45. The number of benzene rings is 1. The smallest absolute Gasteiger partial charge is 0.0191 e. The summed E-state index contributed by atoms with van der Waals surface area (Å²) in [5, 5.41) is 0. The molecule has 1 aromatic carbocycles. The average molecular weight is 262 g/mol. The third-order valence-electron chi connectivity index (χ3n) is 1.64. The second kappa shape index (κ2) is 4.04. The van der Waals surface area contributed by atoms with Crippen LogP contribution in [0.4, 0.5) is 0 Å². The summed E-state index contributed by atoms with van der Waals surface area (Å²) in [6.07, 6.45) is 0. The largest absolute Gasteiger partial charge is 0.326 e. The molecule has 2 nitrogen and oxygen atoms in total. The summed E-state index contributed by atoms with van der Waals surface area (Å²) in [6, 6.07) is 6.06. The van der Waals surface area contributed by atoms with Crippen LogP contribution in [0, 0.1) is 3.57 Å². The van der Waals surface area contributed by atoms with Crippen molar-refractivity contribution in [3.8, 4) is 0 Å². The fourth-order valence-corrected chi connectivity index (χ4v) is 1.80. The summed E-state index contributed by atoms with van der Waals surface area (Å²) >= 11 is 2.27. The highest BCUT2D eigenvalue weighted by Gasteiger charge is 2.01. The van der Waals surface area contributed by atoms with E-state index in [-0.39, 0.29) is 0 Å². The maximum absolute atomic E-state index is 5.57. The zero-order valence-corrected chi connectivity index (χ0v) is 8.34. The van der Waals surface area contributed by atoms with Crippen molar-refractivity contribution in [1.29, 1.82) is 0 Å². The standard InChI is InChI=1S/C8H11IN2/c9-8-3-1-2-6(4-10)7(8)5-11/h1-3H,4-5,10-11H2. The van der Waals surface area contributed by atoms with Gasteiger partial charge in [-0.15, -0.1) is 0 Å². The number of hydrogen-bond donors (Lipinski definition) is 2. The minimum atomic E-state index is 0.573. The van der Waals surface area contributed by atoms with Gasteiger partial charge in [0.05, 0.1) is 0 Å². The Morgan fingerprint density at radius 3 is 2.36 bits per heavy atom. The van der Waals surface area contributed by atoms with E-state index in [9.17, 15) is 0 Å². The molecule has 0 saturated heterocycles. The Balaban J connectivity index is 3.13. The van der Waals surface area contributed by atoms with Gasteiger partial charge < -0.3 is 11.5 Å². The molecule has 0 atom stereocenters. The van der Waals surface area contributed by atoms with E-state index in [1.807, 2.05) is 18.2 Å². The summed E-state index contributed by atoms with van der Waals surface area (Å²) in [6.45, 7) is 1.15. The summed E-state index contributed by atoms with van der Waals surface area (Å²) < 4.78 is 1.20. The van der Waals surface area contributed by atoms with Gasteiger partial charge >= 0.3 is 0 Å². The Morgan fingerprint density at radius 2 is 1.91 bits per heavy atom. The van der Waals surface area contributed by atoms with Crippen LogP contribution in [0.25, 0.3) is 0 Å². The van der Waals surface area contributed by atoms with Gasteiger partial charge in [0.25, 0.3) is 0 Å². The predicted molar refractivity (Wildman–Crippen MR) is 54.9 cm³/mol. The molecule has 0 spiro atoms. The van der Waals surface area contributed by atoms with Crippen molar-refractivity contribution in [3.05, 3.63) is 32.9 Å². The number of hydrogen-bond acceptors (Lipinski definition) is 2. The molecular formula is C8H11IN2. The SMILES string of the molecule is NCc1cccc(I)c1CN. The lowest BCUT2D eigenvalue weighted by Crippen LogP contribution is -2.07. The lowest BCUT2D eigenvalue weighted by atomic mass is 10.1. The van der Waals surface area contributed by atoms with Crippen LogP contribution in [0.3, 0.4) is 0 Å². The monoisotopic (exact) mass is 262 g/mol. The van der Waals surface area contributed by atoms with Gasteiger partial charge in [0.15, 0.2) is 0 Å². The molecule has 0 fully saturated rings. The summed E-state index contributed by atoms with van der Waals surface area (Å²) in [5.74, 6) is 0. The molecule has 0 unspecified atom stereocenters. The van der Waals surface area contributed by atoms with E-state index in [4.69, 9.17) is 11.5 Å². The molecule has 1 aromatic rings. The average Bonchev–Trinajstić information content (AvgIpc) is 2.04. The van der Waals surface area contributed by atoms with Gasteiger partial charge in [0.2, 0.25) is 0 Å². The lowest BCUT2D eigenvalue weighted by molar-refractivity contribution is 0.972. The Labute approximate surface area is 80.1 Å². The van der Waals surface area contributed by atoms with Crippen molar-refractivity contribution < 1.29 is 0 Å². The van der Waals surface area contributed by atoms with E-state index in [1.165, 1.54) is 9.13 Å². The summed E-state index contributed by atoms with van der Waals surface area (Å²) in [7, 11) is 0. The van der Waals surface area contributed by atoms with Crippen LogP contribution in [0.5, 0.6) is 0 Å². The highest BCUT2D eigenvalue weighted by Crippen LogP contribution is 2.15. The van der Waals surface area contributed by atoms with Crippen molar-refractivity contribution in [1.82, 2.24) is 0 Å². The molecule has 0 amide bonds. The summed E-state index contributed by atoms with van der Waals surface area (Å²) in [5.41, 5.74) is 13.4. The predicted octanol–water partition coefficient (Wildman–Crippen LogP) is 1.21. The molecule has 0 bridgehead atoms. The molecule has 0 saturated carbocycles. The van der Waals surface area contributed by atoms with Crippen LogP contribution < -0.4 is 11.5 Å². The van der Waals surface area contributed by atoms with Crippen LogP contribution in [0.2, 0.25) is 0 Å². The van der Waals surface area contributed by atoms with Crippen LogP contribution in [-0.4, -0.2) is 0 Å². The van der Waals surface area contributed by atoms with Gasteiger partial charge in [-0.25, -0.2) is 0 Å². The zero-order chi connectivity index (χ0) is 8.27. The first-order valence-corrected chi connectivity index (χ1v) is 4.54. The van der Waals surface area contributed by atoms with E-state index in [0.29, 0.717) is 13.1 Å². The molecule has 60 valence electrons. The van der Waals surface area contributed by atoms with Gasteiger partial charge in [-0.1, -0.05) is 12.1 Å². The van der Waals surface area contributed by atoms with Crippen LogP contribution >= 0.6 is 22.6 Å².